The maximum absolute atomic E-state index is 12.6. The van der Waals surface area contributed by atoms with Crippen molar-refractivity contribution in [1.29, 1.82) is 0 Å². The van der Waals surface area contributed by atoms with Crippen LogP contribution in [-0.4, -0.2) is 30.1 Å². The highest BCUT2D eigenvalue weighted by Gasteiger charge is 2.23. The lowest BCUT2D eigenvalue weighted by molar-refractivity contribution is -0.137. The first-order valence-corrected chi connectivity index (χ1v) is 7.84. The lowest BCUT2D eigenvalue weighted by Crippen LogP contribution is -2.39. The fraction of sp³-hybridized carbons (Fsp3) is 0.263. The number of carbonyl (C=O) groups is 2. The van der Waals surface area contributed by atoms with Gasteiger partial charge in [-0.15, -0.1) is 0 Å². The first-order chi connectivity index (χ1) is 11.6. The molecule has 1 atom stereocenters. The van der Waals surface area contributed by atoms with Crippen LogP contribution in [0.4, 0.5) is 5.69 Å². The van der Waals surface area contributed by atoms with Gasteiger partial charge in [-0.05, 0) is 30.7 Å². The third-order valence-corrected chi connectivity index (χ3v) is 3.61. The summed E-state index contributed by atoms with van der Waals surface area (Å²) in [6.45, 7) is 1.83. The van der Waals surface area contributed by atoms with Gasteiger partial charge < -0.3 is 14.7 Å². The van der Waals surface area contributed by atoms with Gasteiger partial charge in [0, 0.05) is 11.6 Å². The number of carboxylic acid groups (broad SMARTS) is 1. The van der Waals surface area contributed by atoms with E-state index in [0.717, 1.165) is 5.75 Å². The Balaban J connectivity index is 1.96. The molecule has 24 heavy (non-hydrogen) atoms. The van der Waals surface area contributed by atoms with E-state index < -0.39 is 5.97 Å². The van der Waals surface area contributed by atoms with Crippen molar-refractivity contribution < 1.29 is 19.4 Å². The van der Waals surface area contributed by atoms with Gasteiger partial charge in [0.15, 0.2) is 0 Å². The van der Waals surface area contributed by atoms with E-state index in [0.29, 0.717) is 18.7 Å². The van der Waals surface area contributed by atoms with Crippen LogP contribution in [0.2, 0.25) is 0 Å². The number of anilines is 1. The highest BCUT2D eigenvalue weighted by Crippen LogP contribution is 2.18. The van der Waals surface area contributed by atoms with Gasteiger partial charge in [-0.1, -0.05) is 43.3 Å². The first-order valence-electron chi connectivity index (χ1n) is 7.84. The van der Waals surface area contributed by atoms with E-state index in [2.05, 4.69) is 0 Å². The third-order valence-electron chi connectivity index (χ3n) is 3.61. The molecule has 5 nitrogen and oxygen atoms in total. The van der Waals surface area contributed by atoms with Gasteiger partial charge in [0.05, 0.1) is 6.61 Å². The van der Waals surface area contributed by atoms with Gasteiger partial charge in [0.1, 0.15) is 12.3 Å². The molecular formula is C19H21NO4. The highest BCUT2D eigenvalue weighted by atomic mass is 16.5. The summed E-state index contributed by atoms with van der Waals surface area (Å²) >= 11 is 0. The minimum absolute atomic E-state index is 0.222. The number of carbonyl (C=O) groups excluding carboxylic acids is 1. The molecule has 5 heteroatoms. The molecule has 2 aromatic carbocycles. The number of hydrogen-bond donors (Lipinski definition) is 1. The summed E-state index contributed by atoms with van der Waals surface area (Å²) in [6, 6.07) is 18.2. The Bertz CT molecular complexity index is 658. The summed E-state index contributed by atoms with van der Waals surface area (Å²) in [5, 5.41) is 9.08. The molecule has 0 bridgehead atoms. The maximum atomic E-state index is 12.6. The van der Waals surface area contributed by atoms with Crippen molar-refractivity contribution in [2.45, 2.75) is 13.3 Å². The molecule has 2 rings (SSSR count). The normalized spacial score (nSPS) is 11.5. The second-order valence-corrected chi connectivity index (χ2v) is 5.50. The van der Waals surface area contributed by atoms with Gasteiger partial charge in [0.25, 0.3) is 0 Å². The quantitative estimate of drug-likeness (QED) is 0.808. The van der Waals surface area contributed by atoms with Gasteiger partial charge in [-0.3, -0.25) is 9.59 Å². The van der Waals surface area contributed by atoms with Crippen LogP contribution >= 0.6 is 0 Å². The van der Waals surface area contributed by atoms with Crippen LogP contribution < -0.4 is 9.64 Å². The fourth-order valence-corrected chi connectivity index (χ4v) is 2.30. The zero-order valence-corrected chi connectivity index (χ0v) is 13.6. The molecule has 0 aliphatic heterocycles. The standard InChI is InChI=1S/C19H21NO4/c1-15(12-13-24-17-10-6-3-7-11-17)19(23)20(14-18(21)22)16-8-4-2-5-9-16/h2-11,15H,12-14H2,1H3,(H,21,22). The molecule has 0 aromatic heterocycles. The number of amides is 1. The molecule has 0 aliphatic carbocycles. The molecule has 0 spiro atoms. The molecule has 0 radical (unpaired) electrons. The first kappa shape index (κ1) is 17.5. The second kappa shape index (κ2) is 8.72. The number of benzene rings is 2. The number of rotatable bonds is 8. The van der Waals surface area contributed by atoms with E-state index in [4.69, 9.17) is 9.84 Å². The molecule has 0 aliphatic rings. The number of nitrogens with zero attached hydrogens (tertiary/aromatic N) is 1. The Morgan fingerprint density at radius 2 is 1.62 bits per heavy atom. The lowest BCUT2D eigenvalue weighted by Gasteiger charge is -2.24. The zero-order chi connectivity index (χ0) is 17.4. The van der Waals surface area contributed by atoms with E-state index in [1.54, 1.807) is 31.2 Å². The Hall–Kier alpha value is -2.82. The topological polar surface area (TPSA) is 66.8 Å². The number of aliphatic carboxylic acids is 1. The van der Waals surface area contributed by atoms with E-state index in [1.165, 1.54) is 4.90 Å². The van der Waals surface area contributed by atoms with Crippen molar-refractivity contribution >= 4 is 17.6 Å². The number of ether oxygens (including phenoxy) is 1. The number of hydrogen-bond acceptors (Lipinski definition) is 3. The monoisotopic (exact) mass is 327 g/mol. The Morgan fingerprint density at radius 3 is 2.21 bits per heavy atom. The molecule has 2 aromatic rings. The molecule has 0 saturated heterocycles. The largest absolute Gasteiger partial charge is 0.494 e. The smallest absolute Gasteiger partial charge is 0.323 e. The average molecular weight is 327 g/mol. The van der Waals surface area contributed by atoms with Crippen LogP contribution in [0, 0.1) is 5.92 Å². The molecule has 1 N–H and O–H groups in total. The molecule has 0 fully saturated rings. The number of para-hydroxylation sites is 2. The highest BCUT2D eigenvalue weighted by molar-refractivity contribution is 5.98. The van der Waals surface area contributed by atoms with Gasteiger partial charge in [-0.25, -0.2) is 0 Å². The van der Waals surface area contributed by atoms with Crippen molar-refractivity contribution in [1.82, 2.24) is 0 Å². The Labute approximate surface area is 141 Å². The molecule has 1 unspecified atom stereocenters. The minimum Gasteiger partial charge on any atom is -0.494 e. The summed E-state index contributed by atoms with van der Waals surface area (Å²) in [5.41, 5.74) is 0.584. The van der Waals surface area contributed by atoms with Gasteiger partial charge in [0.2, 0.25) is 5.91 Å². The molecule has 126 valence electrons. The molecule has 1 amide bonds. The van der Waals surface area contributed by atoms with Gasteiger partial charge in [-0.2, -0.15) is 0 Å². The predicted molar refractivity (Wildman–Crippen MR) is 92.1 cm³/mol. The zero-order valence-electron chi connectivity index (χ0n) is 13.6. The predicted octanol–water partition coefficient (Wildman–Crippen LogP) is 3.21. The van der Waals surface area contributed by atoms with E-state index >= 15 is 0 Å². The van der Waals surface area contributed by atoms with Crippen molar-refractivity contribution in [3.63, 3.8) is 0 Å². The second-order valence-electron chi connectivity index (χ2n) is 5.50. The summed E-state index contributed by atoms with van der Waals surface area (Å²) in [4.78, 5) is 25.0. The van der Waals surface area contributed by atoms with E-state index in [9.17, 15) is 9.59 Å². The average Bonchev–Trinajstić information content (AvgIpc) is 2.60. The molecule has 0 heterocycles. The fourth-order valence-electron chi connectivity index (χ4n) is 2.30. The lowest BCUT2D eigenvalue weighted by atomic mass is 10.1. The number of carboxylic acids is 1. The maximum Gasteiger partial charge on any atom is 0.323 e. The van der Waals surface area contributed by atoms with Crippen LogP contribution in [0.3, 0.4) is 0 Å². The third kappa shape index (κ3) is 5.12. The van der Waals surface area contributed by atoms with E-state index in [1.807, 2.05) is 36.4 Å². The van der Waals surface area contributed by atoms with E-state index in [-0.39, 0.29) is 18.4 Å². The summed E-state index contributed by atoms with van der Waals surface area (Å²) in [7, 11) is 0. The summed E-state index contributed by atoms with van der Waals surface area (Å²) < 4.78 is 5.61. The van der Waals surface area contributed by atoms with Crippen LogP contribution in [0.1, 0.15) is 13.3 Å². The minimum atomic E-state index is -1.04. The van der Waals surface area contributed by atoms with Crippen LogP contribution in [0.15, 0.2) is 60.7 Å². The molecular weight excluding hydrogens is 306 g/mol. The van der Waals surface area contributed by atoms with Gasteiger partial charge >= 0.3 is 5.97 Å². The van der Waals surface area contributed by atoms with Crippen molar-refractivity contribution in [3.8, 4) is 5.75 Å². The van der Waals surface area contributed by atoms with Crippen molar-refractivity contribution in [2.24, 2.45) is 5.92 Å². The van der Waals surface area contributed by atoms with Crippen molar-refractivity contribution in [2.75, 3.05) is 18.1 Å². The Morgan fingerprint density at radius 1 is 1.04 bits per heavy atom. The Kier molecular flexibility index (Phi) is 6.37. The van der Waals surface area contributed by atoms with Crippen molar-refractivity contribution in [3.05, 3.63) is 60.7 Å². The van der Waals surface area contributed by atoms with Crippen LogP contribution in [0.25, 0.3) is 0 Å². The molecule has 0 saturated carbocycles. The SMILES string of the molecule is CC(CCOc1ccccc1)C(=O)N(CC(=O)O)c1ccccc1. The summed E-state index contributed by atoms with van der Waals surface area (Å²) in [5.74, 6) is -0.851. The van der Waals surface area contributed by atoms with Crippen LogP contribution in [0.5, 0.6) is 5.75 Å². The summed E-state index contributed by atoms with van der Waals surface area (Å²) in [6.07, 6.45) is 0.511. The van der Waals surface area contributed by atoms with Crippen LogP contribution in [-0.2, 0) is 9.59 Å².